The molecule has 2 saturated heterocycles. The van der Waals surface area contributed by atoms with E-state index in [2.05, 4.69) is 10.6 Å². The van der Waals surface area contributed by atoms with Crippen molar-refractivity contribution in [2.75, 3.05) is 13.2 Å². The number of aliphatic hydroxyl groups excluding tert-OH is 8. The van der Waals surface area contributed by atoms with Gasteiger partial charge >= 0.3 is 0 Å². The maximum absolute atomic E-state index is 12.8. The van der Waals surface area contributed by atoms with Crippen molar-refractivity contribution < 1.29 is 59.9 Å². The van der Waals surface area contributed by atoms with Gasteiger partial charge in [-0.05, 0) is 0 Å². The van der Waals surface area contributed by atoms with E-state index in [-0.39, 0.29) is 0 Å². The van der Waals surface area contributed by atoms with Crippen LogP contribution in [0.2, 0.25) is 0 Å². The van der Waals surface area contributed by atoms with E-state index >= 15 is 0 Å². The van der Waals surface area contributed by atoms with Gasteiger partial charge in [0.1, 0.15) is 70.2 Å². The lowest BCUT2D eigenvalue weighted by atomic mass is 9.94. The van der Waals surface area contributed by atoms with E-state index in [4.69, 9.17) is 42.9 Å². The highest BCUT2D eigenvalue weighted by molar-refractivity contribution is 6.55. The summed E-state index contributed by atoms with van der Waals surface area (Å²) < 4.78 is 9.94. The van der Waals surface area contributed by atoms with Crippen molar-refractivity contribution in [3.05, 3.63) is 21.5 Å². The van der Waals surface area contributed by atoms with Gasteiger partial charge in [0.2, 0.25) is 11.6 Å². The van der Waals surface area contributed by atoms with Crippen LogP contribution in [0.5, 0.6) is 0 Å². The van der Waals surface area contributed by atoms with E-state index in [1.54, 1.807) is 0 Å². The number of carbonyl (C=O) groups excluding carboxylic acids is 2. The predicted molar refractivity (Wildman–Crippen MR) is 110 cm³/mol. The Morgan fingerprint density at radius 3 is 1.26 bits per heavy atom. The summed E-state index contributed by atoms with van der Waals surface area (Å²) in [6.45, 7) is -1.44. The quantitative estimate of drug-likeness (QED) is 0.144. The van der Waals surface area contributed by atoms with Gasteiger partial charge in [0.15, 0.2) is 12.6 Å². The van der Waals surface area contributed by atoms with E-state index in [0.29, 0.717) is 0 Å². The number of ketones is 2. The van der Waals surface area contributed by atoms with Gasteiger partial charge in [-0.3, -0.25) is 9.59 Å². The highest BCUT2D eigenvalue weighted by Crippen LogP contribution is 2.31. The molecule has 10 unspecified atom stereocenters. The fraction of sp³-hybridized carbons (Fsp3) is 0.667. The Labute approximate surface area is 201 Å². The highest BCUT2D eigenvalue weighted by Gasteiger charge is 2.48. The summed E-state index contributed by atoms with van der Waals surface area (Å²) in [6, 6.07) is -3.11. The van der Waals surface area contributed by atoms with E-state index in [1.807, 2.05) is 0 Å². The van der Waals surface area contributed by atoms with Crippen LogP contribution in [0.1, 0.15) is 0 Å². The molecule has 0 aromatic carbocycles. The smallest absolute Gasteiger partial charge is 0.224 e. The minimum Gasteiger partial charge on any atom is -0.394 e. The molecule has 3 rings (SSSR count). The lowest BCUT2D eigenvalue weighted by Gasteiger charge is -2.42. The van der Waals surface area contributed by atoms with E-state index in [9.17, 15) is 40.2 Å². The zero-order chi connectivity index (χ0) is 25.5. The van der Waals surface area contributed by atoms with Crippen LogP contribution in [0.15, 0.2) is 21.5 Å². The molecule has 192 valence electrons. The van der Waals surface area contributed by atoms with Crippen molar-refractivity contribution in [2.45, 2.75) is 61.3 Å². The summed E-state index contributed by atoms with van der Waals surface area (Å²) in [5.41, 5.74) is -1.30. The van der Waals surface area contributed by atoms with Gasteiger partial charge in [-0.15, -0.1) is 0 Å². The number of nitrogens with one attached hydrogen (secondary N) is 2. The third-order valence-corrected chi connectivity index (χ3v) is 6.44. The fourth-order valence-electron chi connectivity index (χ4n) is 3.74. The molecule has 16 heteroatoms. The Balaban J connectivity index is 1.81. The molecule has 2 heterocycles. The molecule has 2 fully saturated rings. The van der Waals surface area contributed by atoms with Gasteiger partial charge in [0.25, 0.3) is 0 Å². The van der Waals surface area contributed by atoms with Crippen LogP contribution < -0.4 is 10.6 Å². The van der Waals surface area contributed by atoms with Crippen LogP contribution in [-0.4, -0.2) is 127 Å². The fourth-order valence-corrected chi connectivity index (χ4v) is 4.21. The minimum absolute atomic E-state index is 0.648. The molecule has 0 amide bonds. The SMILES string of the molecule is O=C1C(Cl)=C(NC2C(O)OC(CO)C(O)C2O)C(=O)C(Cl)=C1NC1C(O)OC(CO)C(O)C1O. The Morgan fingerprint density at radius 1 is 0.647 bits per heavy atom. The normalized spacial score (nSPS) is 41.7. The van der Waals surface area contributed by atoms with Crippen molar-refractivity contribution in [3.63, 3.8) is 0 Å². The first kappa shape index (κ1) is 27.2. The Morgan fingerprint density at radius 2 is 0.971 bits per heavy atom. The lowest BCUT2D eigenvalue weighted by molar-refractivity contribution is -0.253. The van der Waals surface area contributed by atoms with Gasteiger partial charge in [-0.1, -0.05) is 23.2 Å². The molecular formula is C18H24Cl2N2O12. The van der Waals surface area contributed by atoms with Crippen molar-refractivity contribution in [2.24, 2.45) is 0 Å². The average molecular weight is 531 g/mol. The molecule has 0 spiro atoms. The Hall–Kier alpha value is -1.40. The van der Waals surface area contributed by atoms with Crippen molar-refractivity contribution in [1.82, 2.24) is 10.6 Å². The minimum atomic E-state index is -1.83. The first-order valence-electron chi connectivity index (χ1n) is 9.97. The van der Waals surface area contributed by atoms with Crippen molar-refractivity contribution in [3.8, 4) is 0 Å². The second-order valence-corrected chi connectivity index (χ2v) is 8.59. The summed E-state index contributed by atoms with van der Waals surface area (Å²) in [5.74, 6) is -2.19. The first-order valence-corrected chi connectivity index (χ1v) is 10.7. The summed E-state index contributed by atoms with van der Waals surface area (Å²) in [4.78, 5) is 25.6. The summed E-state index contributed by atoms with van der Waals surface area (Å²) in [6.07, 6.45) is -13.1. The lowest BCUT2D eigenvalue weighted by Crippen LogP contribution is -2.64. The van der Waals surface area contributed by atoms with Crippen molar-refractivity contribution >= 4 is 34.8 Å². The van der Waals surface area contributed by atoms with Crippen LogP contribution in [0.4, 0.5) is 0 Å². The largest absolute Gasteiger partial charge is 0.394 e. The topological polar surface area (TPSA) is 238 Å². The number of hydrogen-bond donors (Lipinski definition) is 10. The van der Waals surface area contributed by atoms with Gasteiger partial charge < -0.3 is 61.0 Å². The predicted octanol–water partition coefficient (Wildman–Crippen LogP) is -5.18. The molecule has 0 radical (unpaired) electrons. The number of halogens is 2. The van der Waals surface area contributed by atoms with Crippen LogP contribution in [0, 0.1) is 0 Å². The zero-order valence-electron chi connectivity index (χ0n) is 17.2. The maximum atomic E-state index is 12.8. The van der Waals surface area contributed by atoms with Crippen LogP contribution in [0.3, 0.4) is 0 Å². The monoisotopic (exact) mass is 530 g/mol. The van der Waals surface area contributed by atoms with E-state index in [0.717, 1.165) is 0 Å². The van der Waals surface area contributed by atoms with Gasteiger partial charge in [-0.25, -0.2) is 0 Å². The third-order valence-electron chi connectivity index (χ3n) is 5.71. The number of ether oxygens (including phenoxy) is 2. The Bertz CT molecular complexity index is 815. The molecule has 0 aromatic rings. The average Bonchev–Trinajstić information content (AvgIpc) is 2.81. The molecule has 10 N–H and O–H groups in total. The molecule has 2 aliphatic heterocycles. The number of carbonyl (C=O) groups is 2. The van der Waals surface area contributed by atoms with Crippen LogP contribution in [0.25, 0.3) is 0 Å². The molecule has 0 saturated carbocycles. The van der Waals surface area contributed by atoms with E-state index < -0.39 is 108 Å². The maximum Gasteiger partial charge on any atom is 0.224 e. The molecule has 0 bridgehead atoms. The first-order chi connectivity index (χ1) is 15.9. The molecule has 0 aromatic heterocycles. The molecular weight excluding hydrogens is 507 g/mol. The molecule has 14 nitrogen and oxygen atoms in total. The summed E-state index contributed by atoms with van der Waals surface area (Å²) in [5, 5.41) is 82.1. The number of hydrogen-bond acceptors (Lipinski definition) is 14. The van der Waals surface area contributed by atoms with Gasteiger partial charge in [0, 0.05) is 0 Å². The van der Waals surface area contributed by atoms with E-state index in [1.165, 1.54) is 0 Å². The van der Waals surface area contributed by atoms with Gasteiger partial charge in [-0.2, -0.15) is 0 Å². The summed E-state index contributed by atoms with van der Waals surface area (Å²) >= 11 is 12.1. The second kappa shape index (κ2) is 10.7. The standard InChI is InChI=1S/C18H24Cl2N2O12/c19-5-7(21-9-15(29)11(25)3(1-23)33-17(9)31)13(27)6(20)8(14(5)28)22-10-16(30)12(26)4(2-24)34-18(10)32/h3-4,9-12,15-18,21-26,29-32H,1-2H2. The highest BCUT2D eigenvalue weighted by atomic mass is 35.5. The van der Waals surface area contributed by atoms with Crippen LogP contribution in [-0.2, 0) is 19.1 Å². The van der Waals surface area contributed by atoms with Gasteiger partial charge in [0.05, 0.1) is 13.2 Å². The molecule has 1 aliphatic carbocycles. The second-order valence-electron chi connectivity index (χ2n) is 7.83. The van der Waals surface area contributed by atoms with Crippen LogP contribution >= 0.6 is 23.2 Å². The third kappa shape index (κ3) is 4.82. The Kier molecular flexibility index (Phi) is 8.55. The number of allylic oxidation sites excluding steroid dienone is 2. The summed E-state index contributed by atoms with van der Waals surface area (Å²) in [7, 11) is 0. The number of Topliss-reactive ketones (excluding diaryl/α,β-unsaturated/α-hetero) is 2. The molecule has 3 aliphatic rings. The number of aliphatic hydroxyl groups is 8. The molecule has 34 heavy (non-hydrogen) atoms. The zero-order valence-corrected chi connectivity index (χ0v) is 18.7. The molecule has 10 atom stereocenters. The number of rotatable bonds is 6. The van der Waals surface area contributed by atoms with Crippen molar-refractivity contribution in [1.29, 1.82) is 0 Å².